The normalized spacial score (nSPS) is 16.5. The fourth-order valence-corrected chi connectivity index (χ4v) is 0.716. The van der Waals surface area contributed by atoms with Crippen molar-refractivity contribution in [2.45, 2.75) is 12.5 Å². The van der Waals surface area contributed by atoms with Gasteiger partial charge < -0.3 is 20.4 Å². The second kappa shape index (κ2) is 5.48. The van der Waals surface area contributed by atoms with Crippen LogP contribution in [0.15, 0.2) is 0 Å². The molecular formula is C8H20N2O2. The van der Waals surface area contributed by atoms with Crippen LogP contribution in [0.25, 0.3) is 0 Å². The third kappa shape index (κ3) is 6.54. The molecule has 0 saturated carbocycles. The van der Waals surface area contributed by atoms with Crippen molar-refractivity contribution < 1.29 is 10.2 Å². The average molecular weight is 176 g/mol. The predicted octanol–water partition coefficient (Wildman–Crippen LogP) is -1.12. The lowest BCUT2D eigenvalue weighted by Crippen LogP contribution is -2.42. The molecule has 0 fully saturated rings. The maximum absolute atomic E-state index is 9.36. The van der Waals surface area contributed by atoms with Crippen LogP contribution in [0.1, 0.15) is 6.92 Å². The van der Waals surface area contributed by atoms with Crippen LogP contribution in [0.4, 0.5) is 0 Å². The molecule has 0 aliphatic carbocycles. The zero-order valence-corrected chi connectivity index (χ0v) is 8.17. The number of aliphatic hydroxyl groups is 2. The molecule has 0 aliphatic heterocycles. The molecule has 1 atom stereocenters. The Labute approximate surface area is 74.2 Å². The summed E-state index contributed by atoms with van der Waals surface area (Å²) in [5.74, 6) is 0. The van der Waals surface area contributed by atoms with Gasteiger partial charge in [-0.1, -0.05) is 0 Å². The van der Waals surface area contributed by atoms with Crippen molar-refractivity contribution in [2.24, 2.45) is 0 Å². The molecule has 0 saturated heterocycles. The Morgan fingerprint density at radius 3 is 2.42 bits per heavy atom. The van der Waals surface area contributed by atoms with Gasteiger partial charge in [-0.25, -0.2) is 0 Å². The van der Waals surface area contributed by atoms with E-state index in [2.05, 4.69) is 10.2 Å². The lowest BCUT2D eigenvalue weighted by Gasteiger charge is -2.21. The Hall–Kier alpha value is -0.160. The minimum Gasteiger partial charge on any atom is -0.393 e. The molecule has 0 amide bonds. The first-order chi connectivity index (χ1) is 5.48. The van der Waals surface area contributed by atoms with Crippen LogP contribution >= 0.6 is 0 Å². The summed E-state index contributed by atoms with van der Waals surface area (Å²) < 4.78 is 0. The maximum atomic E-state index is 9.36. The highest BCUT2D eigenvalue weighted by atomic mass is 16.3. The van der Waals surface area contributed by atoms with Gasteiger partial charge in [-0.3, -0.25) is 0 Å². The van der Waals surface area contributed by atoms with Crippen LogP contribution < -0.4 is 5.32 Å². The highest BCUT2D eigenvalue weighted by Crippen LogP contribution is 1.97. The number of hydrogen-bond acceptors (Lipinski definition) is 4. The molecule has 3 N–H and O–H groups in total. The summed E-state index contributed by atoms with van der Waals surface area (Å²) in [5, 5.41) is 21.1. The van der Waals surface area contributed by atoms with Crippen molar-refractivity contribution in [1.82, 2.24) is 10.2 Å². The molecular weight excluding hydrogens is 156 g/mol. The lowest BCUT2D eigenvalue weighted by molar-refractivity contribution is 0.00271. The van der Waals surface area contributed by atoms with E-state index in [0.717, 1.165) is 13.1 Å². The van der Waals surface area contributed by atoms with Crippen molar-refractivity contribution in [3.63, 3.8) is 0 Å². The zero-order chi connectivity index (χ0) is 9.61. The second-order valence-corrected chi connectivity index (χ2v) is 3.64. The largest absolute Gasteiger partial charge is 0.393 e. The van der Waals surface area contributed by atoms with Crippen LogP contribution in [-0.2, 0) is 0 Å². The molecule has 0 heterocycles. The van der Waals surface area contributed by atoms with E-state index < -0.39 is 5.60 Å². The molecule has 0 bridgehead atoms. The first-order valence-electron chi connectivity index (χ1n) is 4.16. The summed E-state index contributed by atoms with van der Waals surface area (Å²) in [4.78, 5) is 2.06. The fourth-order valence-electron chi connectivity index (χ4n) is 0.716. The minimum atomic E-state index is -0.994. The number of likely N-dealkylation sites (N-methyl/N-ethyl adjacent to an activating group) is 1. The van der Waals surface area contributed by atoms with Crippen LogP contribution in [-0.4, -0.2) is 61.1 Å². The molecule has 0 aromatic heterocycles. The van der Waals surface area contributed by atoms with E-state index in [9.17, 15) is 5.11 Å². The number of nitrogens with one attached hydrogen (secondary N) is 1. The van der Waals surface area contributed by atoms with E-state index in [1.807, 2.05) is 14.1 Å². The summed E-state index contributed by atoms with van der Waals surface area (Å²) in [6.07, 6.45) is 0. The Morgan fingerprint density at radius 2 is 2.00 bits per heavy atom. The molecule has 1 unspecified atom stereocenters. The number of rotatable bonds is 6. The predicted molar refractivity (Wildman–Crippen MR) is 49.1 cm³/mol. The zero-order valence-electron chi connectivity index (χ0n) is 8.17. The van der Waals surface area contributed by atoms with Gasteiger partial charge in [0.15, 0.2) is 0 Å². The SMILES string of the molecule is CN(C)CCNCC(C)(O)CO. The Bertz CT molecular complexity index is 116. The van der Waals surface area contributed by atoms with E-state index >= 15 is 0 Å². The van der Waals surface area contributed by atoms with Crippen LogP contribution in [0, 0.1) is 0 Å². The van der Waals surface area contributed by atoms with Gasteiger partial charge >= 0.3 is 0 Å². The molecule has 0 radical (unpaired) electrons. The van der Waals surface area contributed by atoms with Crippen molar-refractivity contribution in [3.05, 3.63) is 0 Å². The van der Waals surface area contributed by atoms with Crippen LogP contribution in [0.3, 0.4) is 0 Å². The van der Waals surface area contributed by atoms with Crippen LogP contribution in [0.2, 0.25) is 0 Å². The highest BCUT2D eigenvalue weighted by molar-refractivity contribution is 4.73. The third-order valence-corrected chi connectivity index (χ3v) is 1.58. The third-order valence-electron chi connectivity index (χ3n) is 1.58. The quantitative estimate of drug-likeness (QED) is 0.449. The first kappa shape index (κ1) is 11.8. The maximum Gasteiger partial charge on any atom is 0.0972 e. The molecule has 74 valence electrons. The number of hydrogen-bond donors (Lipinski definition) is 3. The van der Waals surface area contributed by atoms with Gasteiger partial charge in [0.2, 0.25) is 0 Å². The molecule has 0 spiro atoms. The van der Waals surface area contributed by atoms with Gasteiger partial charge in [0.05, 0.1) is 12.2 Å². The standard InChI is InChI=1S/C8H20N2O2/c1-8(12,7-11)6-9-4-5-10(2)3/h9,11-12H,4-7H2,1-3H3. The topological polar surface area (TPSA) is 55.7 Å². The Balaban J connectivity index is 3.31. The summed E-state index contributed by atoms with van der Waals surface area (Å²) in [6, 6.07) is 0. The first-order valence-corrected chi connectivity index (χ1v) is 4.16. The van der Waals surface area contributed by atoms with Gasteiger partial charge in [0.25, 0.3) is 0 Å². The minimum absolute atomic E-state index is 0.206. The monoisotopic (exact) mass is 176 g/mol. The summed E-state index contributed by atoms with van der Waals surface area (Å²) in [6.45, 7) is 3.58. The van der Waals surface area contributed by atoms with Gasteiger partial charge in [-0.2, -0.15) is 0 Å². The van der Waals surface area contributed by atoms with Gasteiger partial charge in [-0.05, 0) is 21.0 Å². The van der Waals surface area contributed by atoms with Crippen molar-refractivity contribution in [2.75, 3.05) is 40.3 Å². The molecule has 0 aromatic rings. The number of aliphatic hydroxyl groups excluding tert-OH is 1. The fraction of sp³-hybridized carbons (Fsp3) is 1.00. The van der Waals surface area contributed by atoms with E-state index in [0.29, 0.717) is 6.54 Å². The Morgan fingerprint density at radius 1 is 1.42 bits per heavy atom. The summed E-state index contributed by atoms with van der Waals surface area (Å²) in [7, 11) is 3.98. The molecule has 0 rings (SSSR count). The smallest absolute Gasteiger partial charge is 0.0972 e. The molecule has 4 nitrogen and oxygen atoms in total. The number of nitrogens with zero attached hydrogens (tertiary/aromatic N) is 1. The Kier molecular flexibility index (Phi) is 5.41. The molecule has 4 heteroatoms. The highest BCUT2D eigenvalue weighted by Gasteiger charge is 2.17. The second-order valence-electron chi connectivity index (χ2n) is 3.64. The van der Waals surface area contributed by atoms with Crippen molar-refractivity contribution in [3.8, 4) is 0 Å². The van der Waals surface area contributed by atoms with E-state index in [1.54, 1.807) is 6.92 Å². The van der Waals surface area contributed by atoms with Crippen molar-refractivity contribution in [1.29, 1.82) is 0 Å². The van der Waals surface area contributed by atoms with E-state index in [4.69, 9.17) is 5.11 Å². The molecule has 12 heavy (non-hydrogen) atoms. The van der Waals surface area contributed by atoms with Gasteiger partial charge in [-0.15, -0.1) is 0 Å². The summed E-state index contributed by atoms with van der Waals surface area (Å²) in [5.41, 5.74) is -0.994. The van der Waals surface area contributed by atoms with Crippen LogP contribution in [0.5, 0.6) is 0 Å². The van der Waals surface area contributed by atoms with Gasteiger partial charge in [0.1, 0.15) is 0 Å². The lowest BCUT2D eigenvalue weighted by atomic mass is 10.1. The van der Waals surface area contributed by atoms with Gasteiger partial charge in [0, 0.05) is 19.6 Å². The van der Waals surface area contributed by atoms with Crippen molar-refractivity contribution >= 4 is 0 Å². The summed E-state index contributed by atoms with van der Waals surface area (Å²) >= 11 is 0. The molecule has 0 aliphatic rings. The average Bonchev–Trinajstić information content (AvgIpc) is 1.98. The van der Waals surface area contributed by atoms with E-state index in [-0.39, 0.29) is 6.61 Å². The molecule has 0 aromatic carbocycles. The van der Waals surface area contributed by atoms with E-state index in [1.165, 1.54) is 0 Å².